The zero-order chi connectivity index (χ0) is 15.0. The topological polar surface area (TPSA) is 46.8 Å². The van der Waals surface area contributed by atoms with Gasteiger partial charge in [0.15, 0.2) is 0 Å². The molecule has 0 radical (unpaired) electrons. The molecule has 0 aliphatic carbocycles. The van der Waals surface area contributed by atoms with Crippen molar-refractivity contribution in [3.8, 4) is 11.4 Å². The van der Waals surface area contributed by atoms with Crippen molar-refractivity contribution < 1.29 is 0 Å². The molecule has 3 rings (SSSR count). The third-order valence-corrected chi connectivity index (χ3v) is 4.34. The van der Waals surface area contributed by atoms with Gasteiger partial charge < -0.3 is 9.47 Å². The largest absolute Gasteiger partial charge is 0.330 e. The van der Waals surface area contributed by atoms with E-state index < -0.39 is 0 Å². The van der Waals surface area contributed by atoms with Gasteiger partial charge >= 0.3 is 0 Å². The van der Waals surface area contributed by atoms with Crippen LogP contribution in [0.1, 0.15) is 36.1 Å². The van der Waals surface area contributed by atoms with Gasteiger partial charge in [-0.25, -0.2) is 15.0 Å². The molecule has 21 heavy (non-hydrogen) atoms. The number of aryl methyl sites for hydroxylation is 2. The lowest BCUT2D eigenvalue weighted by Gasteiger charge is -2.28. The first-order chi connectivity index (χ1) is 10.0. The summed E-state index contributed by atoms with van der Waals surface area (Å²) in [6.07, 6.45) is 4.30. The van der Waals surface area contributed by atoms with Crippen molar-refractivity contribution in [1.29, 1.82) is 0 Å². The summed E-state index contributed by atoms with van der Waals surface area (Å²) in [6, 6.07) is 2.05. The van der Waals surface area contributed by atoms with Gasteiger partial charge in [0.2, 0.25) is 0 Å². The smallest absolute Gasteiger partial charge is 0.133 e. The predicted octanol–water partition coefficient (Wildman–Crippen LogP) is 2.30. The third-order valence-electron chi connectivity index (χ3n) is 4.34. The van der Waals surface area contributed by atoms with Crippen molar-refractivity contribution >= 4 is 0 Å². The van der Waals surface area contributed by atoms with Crippen LogP contribution in [-0.2, 0) is 7.05 Å². The Morgan fingerprint density at radius 2 is 2.00 bits per heavy atom. The average molecular weight is 285 g/mol. The zero-order valence-corrected chi connectivity index (χ0v) is 13.3. The van der Waals surface area contributed by atoms with Gasteiger partial charge in [-0.05, 0) is 46.3 Å². The van der Waals surface area contributed by atoms with Crippen LogP contribution < -0.4 is 0 Å². The summed E-state index contributed by atoms with van der Waals surface area (Å²) >= 11 is 0. The number of hydrogen-bond donors (Lipinski definition) is 0. The maximum Gasteiger partial charge on any atom is 0.133 e. The molecule has 0 spiro atoms. The molecule has 2 aromatic heterocycles. The summed E-state index contributed by atoms with van der Waals surface area (Å²) in [6.45, 7) is 6.28. The summed E-state index contributed by atoms with van der Waals surface area (Å²) in [5.74, 6) is 2.42. The van der Waals surface area contributed by atoms with E-state index in [1.54, 1.807) is 0 Å². The maximum absolute atomic E-state index is 4.84. The number of likely N-dealkylation sites (N-methyl/N-ethyl adjacent to an activating group) is 1. The van der Waals surface area contributed by atoms with E-state index in [0.29, 0.717) is 5.92 Å². The summed E-state index contributed by atoms with van der Waals surface area (Å²) < 4.78 is 2.08. The number of hydrogen-bond acceptors (Lipinski definition) is 4. The minimum atomic E-state index is 0.441. The van der Waals surface area contributed by atoms with Crippen LogP contribution in [0.15, 0.2) is 12.3 Å². The molecule has 1 aliphatic rings. The first-order valence-electron chi connectivity index (χ1n) is 7.57. The molecule has 0 amide bonds. The van der Waals surface area contributed by atoms with Crippen molar-refractivity contribution in [3.05, 3.63) is 29.6 Å². The SMILES string of the molecule is Cc1cc(-c2cnc(C)n2C)nc([C@H]2CCCN(C)C2)n1. The van der Waals surface area contributed by atoms with Gasteiger partial charge in [0.25, 0.3) is 0 Å². The highest BCUT2D eigenvalue weighted by molar-refractivity contribution is 5.54. The molecule has 1 aliphatic heterocycles. The number of aromatic nitrogens is 4. The quantitative estimate of drug-likeness (QED) is 0.849. The molecule has 3 heterocycles. The van der Waals surface area contributed by atoms with Crippen LogP contribution in [0, 0.1) is 13.8 Å². The highest BCUT2D eigenvalue weighted by Crippen LogP contribution is 2.26. The van der Waals surface area contributed by atoms with Crippen molar-refractivity contribution in [1.82, 2.24) is 24.4 Å². The molecular formula is C16H23N5. The summed E-state index contributed by atoms with van der Waals surface area (Å²) in [4.78, 5) is 16.3. The molecule has 0 saturated carbocycles. The second-order valence-electron chi connectivity index (χ2n) is 6.10. The molecule has 1 atom stereocenters. The Labute approximate surface area is 126 Å². The molecular weight excluding hydrogens is 262 g/mol. The van der Waals surface area contributed by atoms with Crippen LogP contribution >= 0.6 is 0 Å². The van der Waals surface area contributed by atoms with Crippen LogP contribution in [0.5, 0.6) is 0 Å². The highest BCUT2D eigenvalue weighted by atomic mass is 15.1. The van der Waals surface area contributed by atoms with E-state index >= 15 is 0 Å². The minimum absolute atomic E-state index is 0.441. The summed E-state index contributed by atoms with van der Waals surface area (Å²) in [5.41, 5.74) is 3.07. The fraction of sp³-hybridized carbons (Fsp3) is 0.562. The van der Waals surface area contributed by atoms with Gasteiger partial charge in [0.1, 0.15) is 11.6 Å². The second-order valence-corrected chi connectivity index (χ2v) is 6.10. The molecule has 5 heteroatoms. The van der Waals surface area contributed by atoms with Crippen molar-refractivity contribution in [2.75, 3.05) is 20.1 Å². The molecule has 0 unspecified atom stereocenters. The molecule has 112 valence electrons. The number of rotatable bonds is 2. The number of piperidine rings is 1. The van der Waals surface area contributed by atoms with Crippen LogP contribution in [0.2, 0.25) is 0 Å². The van der Waals surface area contributed by atoms with Gasteiger partial charge in [0, 0.05) is 25.2 Å². The Morgan fingerprint density at radius 1 is 1.19 bits per heavy atom. The summed E-state index contributed by atoms with van der Waals surface area (Å²) in [7, 11) is 4.20. The lowest BCUT2D eigenvalue weighted by molar-refractivity contribution is 0.246. The predicted molar refractivity (Wildman–Crippen MR) is 83.2 cm³/mol. The minimum Gasteiger partial charge on any atom is -0.330 e. The first-order valence-corrected chi connectivity index (χ1v) is 7.57. The summed E-state index contributed by atoms with van der Waals surface area (Å²) in [5, 5.41) is 0. The zero-order valence-electron chi connectivity index (χ0n) is 13.3. The Hall–Kier alpha value is -1.75. The molecule has 2 aromatic rings. The molecule has 0 bridgehead atoms. The maximum atomic E-state index is 4.84. The van der Waals surface area contributed by atoms with E-state index in [2.05, 4.69) is 26.5 Å². The Bertz CT molecular complexity index is 646. The van der Waals surface area contributed by atoms with Gasteiger partial charge in [-0.3, -0.25) is 0 Å². The standard InChI is InChI=1S/C16H23N5/c1-11-8-14(15-9-17-12(2)21(15)4)19-16(18-11)13-6-5-7-20(3)10-13/h8-9,13H,5-7,10H2,1-4H3/t13-/m0/s1. The van der Waals surface area contributed by atoms with E-state index in [9.17, 15) is 0 Å². The Kier molecular flexibility index (Phi) is 3.76. The van der Waals surface area contributed by atoms with Crippen molar-refractivity contribution in [3.63, 3.8) is 0 Å². The number of likely N-dealkylation sites (tertiary alicyclic amines) is 1. The monoisotopic (exact) mass is 285 g/mol. The fourth-order valence-electron chi connectivity index (χ4n) is 3.02. The average Bonchev–Trinajstić information content (AvgIpc) is 2.78. The lowest BCUT2D eigenvalue weighted by atomic mass is 9.97. The normalized spacial score (nSPS) is 19.9. The molecule has 0 N–H and O–H groups in total. The van der Waals surface area contributed by atoms with E-state index in [1.165, 1.54) is 19.4 Å². The van der Waals surface area contributed by atoms with Crippen LogP contribution in [0.4, 0.5) is 0 Å². The van der Waals surface area contributed by atoms with Crippen LogP contribution in [0.3, 0.4) is 0 Å². The fourth-order valence-corrected chi connectivity index (χ4v) is 3.02. The van der Waals surface area contributed by atoms with E-state index in [4.69, 9.17) is 4.98 Å². The molecule has 1 saturated heterocycles. The third kappa shape index (κ3) is 2.83. The van der Waals surface area contributed by atoms with Crippen molar-refractivity contribution in [2.45, 2.75) is 32.6 Å². The Morgan fingerprint density at radius 3 is 2.67 bits per heavy atom. The second kappa shape index (κ2) is 5.56. The highest BCUT2D eigenvalue weighted by Gasteiger charge is 2.22. The number of imidazole rings is 1. The van der Waals surface area contributed by atoms with Gasteiger partial charge in [-0.1, -0.05) is 0 Å². The van der Waals surface area contributed by atoms with E-state index in [1.807, 2.05) is 33.2 Å². The van der Waals surface area contributed by atoms with E-state index in [-0.39, 0.29) is 0 Å². The van der Waals surface area contributed by atoms with Gasteiger partial charge in [-0.15, -0.1) is 0 Å². The lowest BCUT2D eigenvalue weighted by Crippen LogP contribution is -2.31. The van der Waals surface area contributed by atoms with Crippen LogP contribution in [-0.4, -0.2) is 44.6 Å². The van der Waals surface area contributed by atoms with Gasteiger partial charge in [-0.2, -0.15) is 0 Å². The molecule has 5 nitrogen and oxygen atoms in total. The van der Waals surface area contributed by atoms with Crippen LogP contribution in [0.25, 0.3) is 11.4 Å². The number of nitrogens with zero attached hydrogens (tertiary/aromatic N) is 5. The molecule has 1 fully saturated rings. The molecule has 0 aromatic carbocycles. The first kappa shape index (κ1) is 14.2. The van der Waals surface area contributed by atoms with Gasteiger partial charge in [0.05, 0.1) is 17.6 Å². The van der Waals surface area contributed by atoms with Crippen molar-refractivity contribution in [2.24, 2.45) is 7.05 Å². The van der Waals surface area contributed by atoms with E-state index in [0.717, 1.165) is 35.3 Å². The Balaban J connectivity index is 1.98.